The van der Waals surface area contributed by atoms with E-state index in [0.717, 1.165) is 29.2 Å². The summed E-state index contributed by atoms with van der Waals surface area (Å²) >= 11 is 0. The number of amides is 1. The quantitative estimate of drug-likeness (QED) is 0.892. The Hall–Kier alpha value is -2.11. The van der Waals surface area contributed by atoms with Crippen molar-refractivity contribution in [2.45, 2.75) is 53.0 Å². The monoisotopic (exact) mass is 303 g/mol. The zero-order valence-electron chi connectivity index (χ0n) is 14.1. The standard InChI is InChI=1S/C16H25N5O/c1-6-11(2)21-15(9-10-17-21)18-16(22)8-7-14-12(3)19-20(5)13(14)4/h9-11H,6-8H2,1-5H3,(H,18,22). The second-order valence-electron chi connectivity index (χ2n) is 5.74. The third-order valence-electron chi connectivity index (χ3n) is 4.21. The number of aryl methyl sites for hydroxylation is 2. The van der Waals surface area contributed by atoms with E-state index in [-0.39, 0.29) is 11.9 Å². The zero-order chi connectivity index (χ0) is 16.3. The Balaban J connectivity index is 1.98. The van der Waals surface area contributed by atoms with Crippen molar-refractivity contribution in [3.63, 3.8) is 0 Å². The molecule has 0 bridgehead atoms. The lowest BCUT2D eigenvalue weighted by Crippen LogP contribution is -2.17. The second-order valence-corrected chi connectivity index (χ2v) is 5.74. The molecular formula is C16H25N5O. The van der Waals surface area contributed by atoms with E-state index in [1.165, 1.54) is 0 Å². The Kier molecular flexibility index (Phi) is 5.00. The third-order valence-corrected chi connectivity index (χ3v) is 4.21. The number of carbonyl (C=O) groups excluding carboxylic acids is 1. The Morgan fingerprint density at radius 3 is 2.73 bits per heavy atom. The van der Waals surface area contributed by atoms with E-state index in [1.807, 2.05) is 36.3 Å². The summed E-state index contributed by atoms with van der Waals surface area (Å²) in [5.41, 5.74) is 3.28. The lowest BCUT2D eigenvalue weighted by molar-refractivity contribution is -0.116. The van der Waals surface area contributed by atoms with Gasteiger partial charge in [0.2, 0.25) is 5.91 Å². The molecule has 0 aliphatic heterocycles. The maximum Gasteiger partial charge on any atom is 0.225 e. The summed E-state index contributed by atoms with van der Waals surface area (Å²) in [6.45, 7) is 8.21. The van der Waals surface area contributed by atoms with Crippen LogP contribution >= 0.6 is 0 Å². The summed E-state index contributed by atoms with van der Waals surface area (Å²) in [6.07, 6.45) is 3.84. The maximum atomic E-state index is 12.2. The highest BCUT2D eigenvalue weighted by atomic mass is 16.1. The normalized spacial score (nSPS) is 12.4. The molecule has 2 heterocycles. The highest BCUT2D eigenvalue weighted by Gasteiger charge is 2.14. The molecule has 6 nitrogen and oxygen atoms in total. The molecule has 120 valence electrons. The van der Waals surface area contributed by atoms with Gasteiger partial charge in [-0.15, -0.1) is 0 Å². The van der Waals surface area contributed by atoms with E-state index in [0.29, 0.717) is 12.8 Å². The van der Waals surface area contributed by atoms with E-state index in [9.17, 15) is 4.79 Å². The van der Waals surface area contributed by atoms with Crippen LogP contribution in [-0.2, 0) is 18.3 Å². The van der Waals surface area contributed by atoms with Gasteiger partial charge in [0.1, 0.15) is 5.82 Å². The van der Waals surface area contributed by atoms with Gasteiger partial charge in [0.25, 0.3) is 0 Å². The van der Waals surface area contributed by atoms with E-state index in [1.54, 1.807) is 6.20 Å². The Morgan fingerprint density at radius 1 is 1.41 bits per heavy atom. The smallest absolute Gasteiger partial charge is 0.225 e. The fourth-order valence-corrected chi connectivity index (χ4v) is 2.56. The zero-order valence-corrected chi connectivity index (χ0v) is 14.1. The fraction of sp³-hybridized carbons (Fsp3) is 0.562. The molecule has 1 N–H and O–H groups in total. The average molecular weight is 303 g/mol. The molecule has 0 saturated heterocycles. The van der Waals surface area contributed by atoms with Gasteiger partial charge in [0, 0.05) is 25.2 Å². The molecule has 0 aromatic carbocycles. The molecule has 0 saturated carbocycles. The summed E-state index contributed by atoms with van der Waals surface area (Å²) in [5, 5.41) is 11.6. The van der Waals surface area contributed by atoms with Gasteiger partial charge in [-0.3, -0.25) is 9.48 Å². The minimum absolute atomic E-state index is 0.00714. The van der Waals surface area contributed by atoms with Crippen LogP contribution in [0.4, 0.5) is 5.82 Å². The minimum atomic E-state index is 0.00714. The number of nitrogens with one attached hydrogen (secondary N) is 1. The van der Waals surface area contributed by atoms with Crippen molar-refractivity contribution >= 4 is 11.7 Å². The van der Waals surface area contributed by atoms with E-state index < -0.39 is 0 Å². The summed E-state index contributed by atoms with van der Waals surface area (Å²) in [7, 11) is 1.93. The summed E-state index contributed by atoms with van der Waals surface area (Å²) in [4.78, 5) is 12.2. The molecule has 0 aliphatic carbocycles. The number of hydrogen-bond acceptors (Lipinski definition) is 3. The van der Waals surface area contributed by atoms with Crippen LogP contribution < -0.4 is 5.32 Å². The van der Waals surface area contributed by atoms with Crippen LogP contribution in [0.2, 0.25) is 0 Å². The first-order valence-corrected chi connectivity index (χ1v) is 7.76. The van der Waals surface area contributed by atoms with Crippen molar-refractivity contribution in [2.75, 3.05) is 5.32 Å². The lowest BCUT2D eigenvalue weighted by Gasteiger charge is -2.14. The van der Waals surface area contributed by atoms with Crippen molar-refractivity contribution in [3.8, 4) is 0 Å². The molecule has 0 fully saturated rings. The number of aromatic nitrogens is 4. The second kappa shape index (κ2) is 6.77. The first-order chi connectivity index (χ1) is 10.4. The van der Waals surface area contributed by atoms with Crippen LogP contribution in [0.3, 0.4) is 0 Å². The fourth-order valence-electron chi connectivity index (χ4n) is 2.56. The molecule has 6 heteroatoms. The van der Waals surface area contributed by atoms with Crippen LogP contribution in [0.15, 0.2) is 12.3 Å². The molecule has 2 aromatic heterocycles. The number of anilines is 1. The molecule has 0 radical (unpaired) electrons. The average Bonchev–Trinajstić information content (AvgIpc) is 3.02. The van der Waals surface area contributed by atoms with Crippen LogP contribution in [0.25, 0.3) is 0 Å². The summed E-state index contributed by atoms with van der Waals surface area (Å²) in [6, 6.07) is 2.11. The van der Waals surface area contributed by atoms with Gasteiger partial charge in [-0.05, 0) is 39.2 Å². The van der Waals surface area contributed by atoms with Gasteiger partial charge in [0.05, 0.1) is 17.9 Å². The van der Waals surface area contributed by atoms with Gasteiger partial charge in [0.15, 0.2) is 0 Å². The summed E-state index contributed by atoms with van der Waals surface area (Å²) < 4.78 is 3.72. The third kappa shape index (κ3) is 3.37. The van der Waals surface area contributed by atoms with Gasteiger partial charge in [-0.2, -0.15) is 10.2 Å². The van der Waals surface area contributed by atoms with Crippen LogP contribution in [0, 0.1) is 13.8 Å². The molecule has 1 unspecified atom stereocenters. The lowest BCUT2D eigenvalue weighted by atomic mass is 10.1. The van der Waals surface area contributed by atoms with Crippen molar-refractivity contribution in [1.82, 2.24) is 19.6 Å². The van der Waals surface area contributed by atoms with Gasteiger partial charge >= 0.3 is 0 Å². The van der Waals surface area contributed by atoms with Crippen LogP contribution in [0.5, 0.6) is 0 Å². The van der Waals surface area contributed by atoms with Crippen molar-refractivity contribution in [1.29, 1.82) is 0 Å². The molecule has 1 atom stereocenters. The largest absolute Gasteiger partial charge is 0.311 e. The Morgan fingerprint density at radius 2 is 2.14 bits per heavy atom. The Labute approximate surface area is 131 Å². The van der Waals surface area contributed by atoms with Crippen LogP contribution in [0.1, 0.15) is 49.7 Å². The van der Waals surface area contributed by atoms with E-state index in [2.05, 4.69) is 29.4 Å². The predicted molar refractivity (Wildman–Crippen MR) is 86.9 cm³/mol. The molecule has 1 amide bonds. The van der Waals surface area contributed by atoms with Crippen molar-refractivity contribution in [3.05, 3.63) is 29.2 Å². The molecular weight excluding hydrogens is 278 g/mol. The molecule has 0 spiro atoms. The number of carbonyl (C=O) groups is 1. The first-order valence-electron chi connectivity index (χ1n) is 7.76. The van der Waals surface area contributed by atoms with Gasteiger partial charge < -0.3 is 5.32 Å². The van der Waals surface area contributed by atoms with Gasteiger partial charge in [-0.1, -0.05) is 6.92 Å². The maximum absolute atomic E-state index is 12.2. The highest BCUT2D eigenvalue weighted by Crippen LogP contribution is 2.18. The van der Waals surface area contributed by atoms with Gasteiger partial charge in [-0.25, -0.2) is 4.68 Å². The SMILES string of the molecule is CCC(C)n1nccc1NC(=O)CCc1c(C)nn(C)c1C. The first kappa shape index (κ1) is 16.3. The van der Waals surface area contributed by atoms with Crippen molar-refractivity contribution < 1.29 is 4.79 Å². The van der Waals surface area contributed by atoms with Crippen LogP contribution in [-0.4, -0.2) is 25.5 Å². The topological polar surface area (TPSA) is 64.7 Å². The molecule has 22 heavy (non-hydrogen) atoms. The minimum Gasteiger partial charge on any atom is -0.311 e. The number of hydrogen-bond donors (Lipinski definition) is 1. The van der Waals surface area contributed by atoms with Crippen molar-refractivity contribution in [2.24, 2.45) is 7.05 Å². The number of nitrogens with zero attached hydrogens (tertiary/aromatic N) is 4. The molecule has 2 rings (SSSR count). The number of rotatable bonds is 6. The molecule has 0 aliphatic rings. The van der Waals surface area contributed by atoms with E-state index in [4.69, 9.17) is 0 Å². The van der Waals surface area contributed by atoms with E-state index >= 15 is 0 Å². The summed E-state index contributed by atoms with van der Waals surface area (Å²) in [5.74, 6) is 0.770. The predicted octanol–water partition coefficient (Wildman–Crippen LogP) is 2.78. The highest BCUT2D eigenvalue weighted by molar-refractivity contribution is 5.90. The molecule has 2 aromatic rings. The Bertz CT molecular complexity index is 656.